The monoisotopic (exact) mass is 392 g/mol. The van der Waals surface area contributed by atoms with E-state index < -0.39 is 41.3 Å². The molecule has 1 aromatic rings. The fourth-order valence-corrected chi connectivity index (χ4v) is 7.85. The highest BCUT2D eigenvalue weighted by Crippen LogP contribution is 2.73. The van der Waals surface area contributed by atoms with E-state index in [2.05, 4.69) is 0 Å². The van der Waals surface area contributed by atoms with Crippen molar-refractivity contribution in [1.29, 1.82) is 0 Å². The highest BCUT2D eigenvalue weighted by atomic mass is 16.6. The number of piperidine rings is 1. The summed E-state index contributed by atoms with van der Waals surface area (Å²) in [6.45, 7) is 0.352. The van der Waals surface area contributed by atoms with E-state index in [9.17, 15) is 19.5 Å². The third-order valence-corrected chi connectivity index (χ3v) is 8.42. The lowest BCUT2D eigenvalue weighted by Crippen LogP contribution is -2.73. The predicted molar refractivity (Wildman–Crippen MR) is 94.7 cm³/mol. The third-order valence-electron chi connectivity index (χ3n) is 8.42. The van der Waals surface area contributed by atoms with Gasteiger partial charge in [0, 0.05) is 11.8 Å². The summed E-state index contributed by atoms with van der Waals surface area (Å²) < 4.78 is 12.9. The minimum atomic E-state index is -1.05. The van der Waals surface area contributed by atoms with Crippen LogP contribution in [0, 0.1) is 23.7 Å². The number of hydrogen-bond acceptors (Lipinski definition) is 5. The normalized spacial score (nSPS) is 51.1. The molecule has 9 atom stereocenters. The first-order valence-electron chi connectivity index (χ1n) is 10.0. The van der Waals surface area contributed by atoms with Crippen molar-refractivity contribution < 1.29 is 29.0 Å². The van der Waals surface area contributed by atoms with Gasteiger partial charge in [0.05, 0.1) is 41.8 Å². The highest BCUT2D eigenvalue weighted by Gasteiger charge is 2.89. The number of anilines is 1. The summed E-state index contributed by atoms with van der Waals surface area (Å²) in [5.74, 6) is -3.38. The third kappa shape index (κ3) is 1.24. The minimum Gasteiger partial charge on any atom is -0.481 e. The van der Waals surface area contributed by atoms with Crippen LogP contribution in [0.3, 0.4) is 0 Å². The van der Waals surface area contributed by atoms with E-state index >= 15 is 0 Å². The van der Waals surface area contributed by atoms with E-state index in [1.165, 1.54) is 0 Å². The molecule has 2 amide bonds. The van der Waals surface area contributed by atoms with E-state index in [0.717, 1.165) is 0 Å². The van der Waals surface area contributed by atoms with Crippen LogP contribution in [-0.4, -0.2) is 63.9 Å². The SMILES string of the molecule is O=C(O)[C@@H]1[C@@H]2O[C@]34[C@@H]1C(=O)N1c5ccccc5C(=O)N(C[C@@]56C=C[C@@H](O5)[C@@H]2[C@@H]36)[C@H]14. The van der Waals surface area contributed by atoms with E-state index in [4.69, 9.17) is 9.47 Å². The Bertz CT molecular complexity index is 1120. The van der Waals surface area contributed by atoms with Crippen LogP contribution in [0.2, 0.25) is 0 Å². The Kier molecular flexibility index (Phi) is 2.15. The molecule has 0 saturated carbocycles. The van der Waals surface area contributed by atoms with Gasteiger partial charge in [-0.2, -0.15) is 0 Å². The first-order chi connectivity index (χ1) is 14.0. The summed E-state index contributed by atoms with van der Waals surface area (Å²) in [6, 6.07) is 7.05. The molecule has 0 radical (unpaired) electrons. The number of hydrogen-bond donors (Lipinski definition) is 1. The van der Waals surface area contributed by atoms with Crippen molar-refractivity contribution in [3.63, 3.8) is 0 Å². The van der Waals surface area contributed by atoms with Gasteiger partial charge in [-0.15, -0.1) is 0 Å². The molecule has 146 valence electrons. The van der Waals surface area contributed by atoms with Gasteiger partial charge in [0.15, 0.2) is 0 Å². The molecule has 8 nitrogen and oxygen atoms in total. The van der Waals surface area contributed by atoms with Crippen LogP contribution in [0.4, 0.5) is 5.69 Å². The van der Waals surface area contributed by atoms with Crippen molar-refractivity contribution in [3.8, 4) is 0 Å². The zero-order valence-electron chi connectivity index (χ0n) is 15.1. The van der Waals surface area contributed by atoms with Crippen molar-refractivity contribution in [3.05, 3.63) is 42.0 Å². The average Bonchev–Trinajstić information content (AvgIpc) is 3.47. The summed E-state index contributed by atoms with van der Waals surface area (Å²) >= 11 is 0. The predicted octanol–water partition coefficient (Wildman–Crippen LogP) is 0.237. The number of amides is 2. The number of carbonyl (C=O) groups is 3. The molecule has 1 aromatic carbocycles. The maximum atomic E-state index is 13.7. The van der Waals surface area contributed by atoms with Gasteiger partial charge in [0.25, 0.3) is 5.91 Å². The summed E-state index contributed by atoms with van der Waals surface area (Å²) in [4.78, 5) is 42.8. The van der Waals surface area contributed by atoms with E-state index in [1.807, 2.05) is 12.2 Å². The number of nitrogens with zero attached hydrogens (tertiary/aromatic N) is 2. The average molecular weight is 392 g/mol. The van der Waals surface area contributed by atoms with Gasteiger partial charge in [-0.25, -0.2) is 0 Å². The zero-order chi connectivity index (χ0) is 19.4. The van der Waals surface area contributed by atoms with Gasteiger partial charge in [-0.05, 0) is 12.1 Å². The summed E-state index contributed by atoms with van der Waals surface area (Å²) in [7, 11) is 0. The maximum absolute atomic E-state index is 13.7. The lowest BCUT2D eigenvalue weighted by atomic mass is 9.54. The number of rotatable bonds is 1. The Labute approximate surface area is 164 Å². The Morgan fingerprint density at radius 1 is 1.21 bits per heavy atom. The Hall–Kier alpha value is -2.71. The number of para-hydroxylation sites is 1. The van der Waals surface area contributed by atoms with E-state index in [0.29, 0.717) is 17.8 Å². The molecule has 8 heteroatoms. The van der Waals surface area contributed by atoms with Gasteiger partial charge < -0.3 is 19.5 Å². The Morgan fingerprint density at radius 2 is 2.03 bits per heavy atom. The quantitative estimate of drug-likeness (QED) is 0.688. The molecule has 0 aliphatic carbocycles. The van der Waals surface area contributed by atoms with Crippen molar-refractivity contribution in [2.45, 2.75) is 29.6 Å². The zero-order valence-corrected chi connectivity index (χ0v) is 15.1. The van der Waals surface area contributed by atoms with Crippen molar-refractivity contribution >= 4 is 23.5 Å². The fourth-order valence-electron chi connectivity index (χ4n) is 7.85. The molecule has 0 aromatic heterocycles. The molecule has 5 saturated heterocycles. The number of carbonyl (C=O) groups excluding carboxylic acids is 2. The Morgan fingerprint density at radius 3 is 2.86 bits per heavy atom. The van der Waals surface area contributed by atoms with Gasteiger partial charge in [0.2, 0.25) is 5.91 Å². The molecule has 0 unspecified atom stereocenters. The first-order valence-corrected chi connectivity index (χ1v) is 10.0. The molecule has 5 fully saturated rings. The number of ether oxygens (including phenoxy) is 2. The van der Waals surface area contributed by atoms with Crippen LogP contribution in [-0.2, 0) is 19.1 Å². The second-order valence-electron chi connectivity index (χ2n) is 9.26. The Balaban J connectivity index is 1.46. The van der Waals surface area contributed by atoms with Crippen LogP contribution in [0.1, 0.15) is 10.4 Å². The number of fused-ring (bicyclic) bond motifs is 6. The molecule has 1 N–H and O–H groups in total. The standard InChI is InChI=1S/C21H16N2O6/c24-16-8-3-1-2-4-9(8)23-17(25)13-12(18(26)27)14-11-10-5-6-20(28-10)7-22(16)19(23)21(13,29-14)15(11)20/h1-6,10-15,19H,7H2,(H,26,27)/t10-,11+,12+,13+,14-,15-,19-,20-,21-/m1/s1. The second kappa shape index (κ2) is 4.11. The molecule has 2 spiro atoms. The summed E-state index contributed by atoms with van der Waals surface area (Å²) in [5, 5.41) is 10.1. The largest absolute Gasteiger partial charge is 0.481 e. The van der Waals surface area contributed by atoms with Gasteiger partial charge >= 0.3 is 5.97 Å². The highest BCUT2D eigenvalue weighted by molar-refractivity contribution is 6.12. The van der Waals surface area contributed by atoms with Crippen molar-refractivity contribution in [2.75, 3.05) is 11.4 Å². The topological polar surface area (TPSA) is 96.4 Å². The molecule has 4 bridgehead atoms. The van der Waals surface area contributed by atoms with E-state index in [1.54, 1.807) is 34.1 Å². The number of benzene rings is 1. The van der Waals surface area contributed by atoms with Gasteiger partial charge in [-0.1, -0.05) is 24.3 Å². The molecular formula is C21H16N2O6. The maximum Gasteiger partial charge on any atom is 0.310 e. The second-order valence-corrected chi connectivity index (χ2v) is 9.26. The van der Waals surface area contributed by atoms with Crippen LogP contribution >= 0.6 is 0 Å². The van der Waals surface area contributed by atoms with Crippen LogP contribution in [0.25, 0.3) is 0 Å². The van der Waals surface area contributed by atoms with Crippen LogP contribution < -0.4 is 4.90 Å². The van der Waals surface area contributed by atoms with Crippen LogP contribution in [0.5, 0.6) is 0 Å². The summed E-state index contributed by atoms with van der Waals surface area (Å²) in [6.07, 6.45) is 2.58. The number of aliphatic carboxylic acids is 1. The van der Waals surface area contributed by atoms with Crippen LogP contribution in [0.15, 0.2) is 36.4 Å². The number of carboxylic acids is 1. The molecule has 29 heavy (non-hydrogen) atoms. The van der Waals surface area contributed by atoms with Gasteiger partial charge in [-0.3, -0.25) is 19.3 Å². The molecule has 8 rings (SSSR count). The fraction of sp³-hybridized carbons (Fsp3) is 0.476. The lowest BCUT2D eigenvalue weighted by molar-refractivity contribution is -0.159. The summed E-state index contributed by atoms with van der Waals surface area (Å²) in [5.41, 5.74) is -0.745. The van der Waals surface area contributed by atoms with Crippen molar-refractivity contribution in [1.82, 2.24) is 4.90 Å². The lowest BCUT2D eigenvalue weighted by Gasteiger charge is -2.56. The first kappa shape index (κ1) is 15.2. The molecule has 7 aliphatic rings. The smallest absolute Gasteiger partial charge is 0.310 e. The molecule has 7 aliphatic heterocycles. The molecule has 7 heterocycles. The molecular weight excluding hydrogens is 376 g/mol. The minimum absolute atomic E-state index is 0.0977. The van der Waals surface area contributed by atoms with Gasteiger partial charge in [0.1, 0.15) is 17.4 Å². The van der Waals surface area contributed by atoms with Crippen molar-refractivity contribution in [2.24, 2.45) is 23.7 Å². The number of carboxylic acid groups (broad SMARTS) is 1. The van der Waals surface area contributed by atoms with E-state index in [-0.39, 0.29) is 29.8 Å².